The molecule has 0 aromatic heterocycles. The summed E-state index contributed by atoms with van der Waals surface area (Å²) >= 11 is 0. The topological polar surface area (TPSA) is 78.4 Å². The largest absolute Gasteiger partial charge is 0.508 e. The molecule has 19 heavy (non-hydrogen) atoms. The molecule has 0 aliphatic heterocycles. The van der Waals surface area contributed by atoms with Gasteiger partial charge in [0.25, 0.3) is 5.91 Å². The van der Waals surface area contributed by atoms with Crippen LogP contribution in [0.15, 0.2) is 18.2 Å². The van der Waals surface area contributed by atoms with Gasteiger partial charge in [-0.3, -0.25) is 9.59 Å². The van der Waals surface area contributed by atoms with Gasteiger partial charge in [-0.2, -0.15) is 0 Å². The predicted octanol–water partition coefficient (Wildman–Crippen LogP) is 0.930. The summed E-state index contributed by atoms with van der Waals surface area (Å²) in [5.41, 5.74) is -0.152. The Morgan fingerprint density at radius 3 is 2.74 bits per heavy atom. The van der Waals surface area contributed by atoms with Crippen molar-refractivity contribution in [1.29, 1.82) is 0 Å². The van der Waals surface area contributed by atoms with E-state index in [4.69, 9.17) is 5.11 Å². The van der Waals surface area contributed by atoms with Gasteiger partial charge in [0, 0.05) is 25.1 Å². The second kappa shape index (κ2) is 5.69. The zero-order chi connectivity index (χ0) is 13.8. The SMILES string of the molecule is O=C(CCNC(=O)c1ccc(O)cc1F)NC1CC1. The van der Waals surface area contributed by atoms with Gasteiger partial charge in [0.1, 0.15) is 11.6 Å². The fraction of sp³-hybridized carbons (Fsp3) is 0.385. The molecule has 0 spiro atoms. The zero-order valence-corrected chi connectivity index (χ0v) is 10.3. The highest BCUT2D eigenvalue weighted by atomic mass is 19.1. The number of aromatic hydroxyl groups is 1. The van der Waals surface area contributed by atoms with Crippen molar-refractivity contribution < 1.29 is 19.1 Å². The van der Waals surface area contributed by atoms with Gasteiger partial charge in [-0.15, -0.1) is 0 Å². The van der Waals surface area contributed by atoms with E-state index in [9.17, 15) is 14.0 Å². The van der Waals surface area contributed by atoms with Crippen LogP contribution in [0.5, 0.6) is 5.75 Å². The van der Waals surface area contributed by atoms with Crippen LogP contribution in [-0.2, 0) is 4.79 Å². The summed E-state index contributed by atoms with van der Waals surface area (Å²) in [4.78, 5) is 23.0. The van der Waals surface area contributed by atoms with Crippen molar-refractivity contribution in [2.45, 2.75) is 25.3 Å². The highest BCUT2D eigenvalue weighted by Crippen LogP contribution is 2.18. The molecule has 0 heterocycles. The molecular weight excluding hydrogens is 251 g/mol. The number of hydrogen-bond donors (Lipinski definition) is 3. The average Bonchev–Trinajstić information content (AvgIpc) is 3.12. The van der Waals surface area contributed by atoms with E-state index in [-0.39, 0.29) is 36.2 Å². The lowest BCUT2D eigenvalue weighted by molar-refractivity contribution is -0.121. The molecule has 2 amide bonds. The van der Waals surface area contributed by atoms with E-state index in [0.717, 1.165) is 18.9 Å². The van der Waals surface area contributed by atoms with Crippen LogP contribution in [0.2, 0.25) is 0 Å². The van der Waals surface area contributed by atoms with E-state index in [2.05, 4.69) is 10.6 Å². The second-order valence-corrected chi connectivity index (χ2v) is 4.51. The molecule has 1 aromatic rings. The summed E-state index contributed by atoms with van der Waals surface area (Å²) < 4.78 is 13.4. The number of phenolic OH excluding ortho intramolecular Hbond substituents is 1. The number of hydrogen-bond acceptors (Lipinski definition) is 3. The van der Waals surface area contributed by atoms with Crippen molar-refractivity contribution in [3.63, 3.8) is 0 Å². The fourth-order valence-corrected chi connectivity index (χ4v) is 1.60. The maximum atomic E-state index is 13.4. The van der Waals surface area contributed by atoms with Crippen LogP contribution < -0.4 is 10.6 Å². The second-order valence-electron chi connectivity index (χ2n) is 4.51. The molecular formula is C13H15FN2O3. The maximum Gasteiger partial charge on any atom is 0.254 e. The molecule has 6 heteroatoms. The molecule has 1 aliphatic carbocycles. The quantitative estimate of drug-likeness (QED) is 0.742. The number of phenols is 1. The van der Waals surface area contributed by atoms with Crippen LogP contribution in [0.4, 0.5) is 4.39 Å². The van der Waals surface area contributed by atoms with Crippen LogP contribution in [0, 0.1) is 5.82 Å². The third-order valence-corrected chi connectivity index (χ3v) is 2.78. The van der Waals surface area contributed by atoms with Gasteiger partial charge in [0.05, 0.1) is 5.56 Å². The third kappa shape index (κ3) is 3.94. The van der Waals surface area contributed by atoms with Crippen molar-refractivity contribution in [3.8, 4) is 5.75 Å². The molecule has 1 aliphatic rings. The molecule has 1 aromatic carbocycles. The van der Waals surface area contributed by atoms with Crippen LogP contribution in [0.3, 0.4) is 0 Å². The van der Waals surface area contributed by atoms with E-state index < -0.39 is 11.7 Å². The Balaban J connectivity index is 1.78. The predicted molar refractivity (Wildman–Crippen MR) is 66.2 cm³/mol. The van der Waals surface area contributed by atoms with Crippen molar-refractivity contribution in [2.24, 2.45) is 0 Å². The molecule has 0 unspecified atom stereocenters. The van der Waals surface area contributed by atoms with Gasteiger partial charge in [-0.05, 0) is 25.0 Å². The highest BCUT2D eigenvalue weighted by Gasteiger charge is 2.22. The van der Waals surface area contributed by atoms with Gasteiger partial charge in [-0.1, -0.05) is 0 Å². The number of benzene rings is 1. The Morgan fingerprint density at radius 1 is 1.37 bits per heavy atom. The number of carbonyl (C=O) groups excluding carboxylic acids is 2. The van der Waals surface area contributed by atoms with Gasteiger partial charge >= 0.3 is 0 Å². The molecule has 3 N–H and O–H groups in total. The summed E-state index contributed by atoms with van der Waals surface area (Å²) in [6.45, 7) is 0.150. The van der Waals surface area contributed by atoms with E-state index in [1.54, 1.807) is 0 Å². The Kier molecular flexibility index (Phi) is 3.99. The Labute approximate surface area is 109 Å². The Bertz CT molecular complexity index is 501. The minimum atomic E-state index is -0.792. The normalized spacial score (nSPS) is 13.9. The fourth-order valence-electron chi connectivity index (χ4n) is 1.60. The summed E-state index contributed by atoms with van der Waals surface area (Å²) in [6, 6.07) is 3.59. The number of rotatable bonds is 5. The van der Waals surface area contributed by atoms with Crippen molar-refractivity contribution in [2.75, 3.05) is 6.54 Å². The smallest absolute Gasteiger partial charge is 0.254 e. The molecule has 0 saturated heterocycles. The van der Waals surface area contributed by atoms with Gasteiger partial charge in [-0.25, -0.2) is 4.39 Å². The molecule has 2 rings (SSSR count). The summed E-state index contributed by atoms with van der Waals surface area (Å²) in [5.74, 6) is -1.75. The summed E-state index contributed by atoms with van der Waals surface area (Å²) in [5, 5.41) is 14.3. The first-order valence-corrected chi connectivity index (χ1v) is 6.12. The lowest BCUT2D eigenvalue weighted by Crippen LogP contribution is -2.32. The van der Waals surface area contributed by atoms with E-state index in [1.807, 2.05) is 0 Å². The maximum absolute atomic E-state index is 13.4. The first-order chi connectivity index (χ1) is 9.06. The minimum absolute atomic E-state index is 0.117. The number of nitrogens with one attached hydrogen (secondary N) is 2. The van der Waals surface area contributed by atoms with Crippen molar-refractivity contribution >= 4 is 11.8 Å². The summed E-state index contributed by atoms with van der Waals surface area (Å²) in [7, 11) is 0. The summed E-state index contributed by atoms with van der Waals surface area (Å²) in [6.07, 6.45) is 2.19. The van der Waals surface area contributed by atoms with E-state index in [0.29, 0.717) is 0 Å². The van der Waals surface area contributed by atoms with Gasteiger partial charge < -0.3 is 15.7 Å². The van der Waals surface area contributed by atoms with Crippen molar-refractivity contribution in [1.82, 2.24) is 10.6 Å². The minimum Gasteiger partial charge on any atom is -0.508 e. The lowest BCUT2D eigenvalue weighted by Gasteiger charge is -2.06. The number of carbonyl (C=O) groups is 2. The Hall–Kier alpha value is -2.11. The molecule has 0 bridgehead atoms. The van der Waals surface area contributed by atoms with Crippen LogP contribution in [-0.4, -0.2) is 29.5 Å². The van der Waals surface area contributed by atoms with Crippen LogP contribution >= 0.6 is 0 Å². The van der Waals surface area contributed by atoms with Crippen LogP contribution in [0.1, 0.15) is 29.6 Å². The third-order valence-electron chi connectivity index (χ3n) is 2.78. The molecule has 1 saturated carbocycles. The van der Waals surface area contributed by atoms with Gasteiger partial charge in [0.2, 0.25) is 5.91 Å². The van der Waals surface area contributed by atoms with Crippen molar-refractivity contribution in [3.05, 3.63) is 29.6 Å². The highest BCUT2D eigenvalue weighted by molar-refractivity contribution is 5.94. The molecule has 0 atom stereocenters. The number of halogens is 1. The average molecular weight is 266 g/mol. The van der Waals surface area contributed by atoms with E-state index in [1.165, 1.54) is 12.1 Å². The molecule has 5 nitrogen and oxygen atoms in total. The molecule has 0 radical (unpaired) electrons. The van der Waals surface area contributed by atoms with Crippen LogP contribution in [0.25, 0.3) is 0 Å². The first-order valence-electron chi connectivity index (χ1n) is 6.12. The molecule has 1 fully saturated rings. The van der Waals surface area contributed by atoms with E-state index >= 15 is 0 Å². The molecule has 102 valence electrons. The monoisotopic (exact) mass is 266 g/mol. The standard InChI is InChI=1S/C13H15FN2O3/c14-11-7-9(17)3-4-10(11)13(19)15-6-5-12(18)16-8-1-2-8/h3-4,7-8,17H,1-2,5-6H2,(H,15,19)(H,16,18). The van der Waals surface area contributed by atoms with Gasteiger partial charge in [0.15, 0.2) is 0 Å². The first kappa shape index (κ1) is 13.3. The zero-order valence-electron chi connectivity index (χ0n) is 10.3. The number of amides is 2. The lowest BCUT2D eigenvalue weighted by atomic mass is 10.2. The Morgan fingerprint density at radius 2 is 2.11 bits per heavy atom.